The van der Waals surface area contributed by atoms with Crippen LogP contribution in [-0.2, 0) is 0 Å². The molecule has 114 valence electrons. The quantitative estimate of drug-likeness (QED) is 0.552. The van der Waals surface area contributed by atoms with E-state index in [1.807, 2.05) is 0 Å². The zero-order valence-corrected chi connectivity index (χ0v) is 12.3. The van der Waals surface area contributed by atoms with Crippen molar-refractivity contribution in [1.29, 1.82) is 0 Å². The van der Waals surface area contributed by atoms with Gasteiger partial charge in [-0.3, -0.25) is 19.4 Å². The van der Waals surface area contributed by atoms with Gasteiger partial charge >= 0.3 is 0 Å². The van der Waals surface area contributed by atoms with Crippen molar-refractivity contribution in [3.63, 3.8) is 0 Å². The molecule has 0 fully saturated rings. The van der Waals surface area contributed by atoms with Crippen LogP contribution in [0, 0.1) is 0 Å². The molecule has 23 heavy (non-hydrogen) atoms. The first-order valence-electron chi connectivity index (χ1n) is 6.52. The molecule has 0 saturated heterocycles. The monoisotopic (exact) mass is 328 g/mol. The van der Waals surface area contributed by atoms with Crippen molar-refractivity contribution in [1.82, 2.24) is 9.97 Å². The van der Waals surface area contributed by atoms with Gasteiger partial charge in [0.05, 0.1) is 5.52 Å². The second kappa shape index (κ2) is 5.66. The lowest BCUT2D eigenvalue weighted by molar-refractivity contribution is 0.103. The first-order valence-corrected chi connectivity index (χ1v) is 6.90. The van der Waals surface area contributed by atoms with Crippen LogP contribution >= 0.6 is 11.6 Å². The van der Waals surface area contributed by atoms with Crippen molar-refractivity contribution < 1.29 is 9.90 Å². The number of hydrogen-bond donors (Lipinski definition) is 2. The summed E-state index contributed by atoms with van der Waals surface area (Å²) in [6, 6.07) is 7.23. The van der Waals surface area contributed by atoms with Crippen molar-refractivity contribution in [3.8, 4) is 5.75 Å². The van der Waals surface area contributed by atoms with Gasteiger partial charge in [0.15, 0.2) is 0 Å². The SMILES string of the molecule is O=C(c1cccnc1)c1c(O)c2ccc(Cl)cc2[nH]c(=O)c1=O. The molecule has 2 heterocycles. The van der Waals surface area contributed by atoms with E-state index in [2.05, 4.69) is 9.97 Å². The molecule has 2 N–H and O–H groups in total. The van der Waals surface area contributed by atoms with Crippen molar-refractivity contribution in [2.45, 2.75) is 0 Å². The molecular weight excluding hydrogens is 320 g/mol. The number of carbonyl (C=O) groups excluding carboxylic acids is 1. The highest BCUT2D eigenvalue weighted by Gasteiger charge is 2.21. The van der Waals surface area contributed by atoms with Crippen molar-refractivity contribution in [2.75, 3.05) is 0 Å². The Morgan fingerprint density at radius 2 is 2.00 bits per heavy atom. The minimum atomic E-state index is -1.12. The van der Waals surface area contributed by atoms with E-state index in [0.717, 1.165) is 0 Å². The predicted molar refractivity (Wildman–Crippen MR) is 85.2 cm³/mol. The maximum atomic E-state index is 12.5. The fourth-order valence-corrected chi connectivity index (χ4v) is 2.39. The Morgan fingerprint density at radius 1 is 1.22 bits per heavy atom. The topological polar surface area (TPSA) is 100 Å². The lowest BCUT2D eigenvalue weighted by Crippen LogP contribution is -2.29. The Bertz CT molecular complexity index is 1050. The molecule has 3 rings (SSSR count). The maximum Gasteiger partial charge on any atom is 0.297 e. The zero-order chi connectivity index (χ0) is 16.6. The molecule has 6 nitrogen and oxygen atoms in total. The van der Waals surface area contributed by atoms with Gasteiger partial charge in [-0.05, 0) is 30.3 Å². The molecule has 1 aromatic carbocycles. The lowest BCUT2D eigenvalue weighted by atomic mass is 10.0. The summed E-state index contributed by atoms with van der Waals surface area (Å²) < 4.78 is 0. The van der Waals surface area contributed by atoms with E-state index in [1.54, 1.807) is 0 Å². The number of benzene rings is 1. The lowest BCUT2D eigenvalue weighted by Gasteiger charge is -2.01. The number of fused-ring (bicyclic) bond motifs is 1. The largest absolute Gasteiger partial charge is 0.506 e. The third-order valence-corrected chi connectivity index (χ3v) is 3.54. The summed E-state index contributed by atoms with van der Waals surface area (Å²) in [6.07, 6.45) is 2.71. The highest BCUT2D eigenvalue weighted by molar-refractivity contribution is 6.31. The summed E-state index contributed by atoms with van der Waals surface area (Å²) in [5.41, 5.74) is -2.50. The van der Waals surface area contributed by atoms with Crippen LogP contribution in [0.3, 0.4) is 0 Å². The third-order valence-electron chi connectivity index (χ3n) is 3.31. The average molecular weight is 329 g/mol. The number of aromatic amines is 1. The number of hydrogen-bond acceptors (Lipinski definition) is 5. The number of aromatic hydroxyl groups is 1. The summed E-state index contributed by atoms with van der Waals surface area (Å²) in [5, 5.41) is 10.8. The van der Waals surface area contributed by atoms with Crippen LogP contribution in [-0.4, -0.2) is 20.9 Å². The van der Waals surface area contributed by atoms with Gasteiger partial charge in [0.2, 0.25) is 5.78 Å². The molecule has 0 aliphatic heterocycles. The molecule has 7 heteroatoms. The van der Waals surface area contributed by atoms with Crippen molar-refractivity contribution in [2.24, 2.45) is 0 Å². The molecule has 0 bridgehead atoms. The Morgan fingerprint density at radius 3 is 2.70 bits per heavy atom. The molecule has 0 unspecified atom stereocenters. The number of H-pyrrole nitrogens is 1. The molecule has 0 aliphatic carbocycles. The molecule has 2 aromatic heterocycles. The number of nitrogens with zero attached hydrogens (tertiary/aromatic N) is 1. The first-order chi connectivity index (χ1) is 11.0. The third kappa shape index (κ3) is 2.60. The molecular formula is C16H9ClN2O4. The van der Waals surface area contributed by atoms with Gasteiger partial charge in [-0.25, -0.2) is 0 Å². The molecule has 0 atom stereocenters. The van der Waals surface area contributed by atoms with Gasteiger partial charge in [-0.15, -0.1) is 0 Å². The Balaban J connectivity index is 2.42. The molecule has 0 saturated carbocycles. The second-order valence-electron chi connectivity index (χ2n) is 4.77. The van der Waals surface area contributed by atoms with Gasteiger partial charge in [0.25, 0.3) is 11.0 Å². The Hall–Kier alpha value is -2.99. The summed E-state index contributed by atoms with van der Waals surface area (Å²) in [4.78, 5) is 42.8. The van der Waals surface area contributed by atoms with E-state index in [4.69, 9.17) is 11.6 Å². The van der Waals surface area contributed by atoms with Gasteiger partial charge in [0, 0.05) is 28.4 Å². The number of halogens is 1. The van der Waals surface area contributed by atoms with Crippen LogP contribution in [0.15, 0.2) is 52.3 Å². The minimum absolute atomic E-state index is 0.0904. The molecule has 3 aromatic rings. The summed E-state index contributed by atoms with van der Waals surface area (Å²) in [7, 11) is 0. The number of aromatic nitrogens is 2. The normalized spacial score (nSPS) is 10.7. The van der Waals surface area contributed by atoms with E-state index in [-0.39, 0.29) is 16.5 Å². The van der Waals surface area contributed by atoms with E-state index in [9.17, 15) is 19.5 Å². The van der Waals surface area contributed by atoms with E-state index in [1.165, 1.54) is 42.7 Å². The highest BCUT2D eigenvalue weighted by atomic mass is 35.5. The van der Waals surface area contributed by atoms with E-state index >= 15 is 0 Å². The van der Waals surface area contributed by atoms with E-state index < -0.39 is 28.1 Å². The van der Waals surface area contributed by atoms with Crippen molar-refractivity contribution in [3.05, 3.63) is 79.5 Å². The smallest absolute Gasteiger partial charge is 0.297 e. The van der Waals surface area contributed by atoms with E-state index in [0.29, 0.717) is 5.02 Å². The zero-order valence-electron chi connectivity index (χ0n) is 11.5. The van der Waals surface area contributed by atoms with Gasteiger partial charge in [-0.1, -0.05) is 11.6 Å². The molecule has 0 aliphatic rings. The van der Waals surface area contributed by atoms with Crippen molar-refractivity contribution >= 4 is 28.3 Å². The summed E-state index contributed by atoms with van der Waals surface area (Å²) in [5.74, 6) is -1.35. The molecule has 0 amide bonds. The molecule has 0 radical (unpaired) electrons. The van der Waals surface area contributed by atoms with Crippen LogP contribution in [0.5, 0.6) is 5.75 Å². The summed E-state index contributed by atoms with van der Waals surface area (Å²) >= 11 is 5.85. The van der Waals surface area contributed by atoms with Crippen LogP contribution in [0.2, 0.25) is 5.02 Å². The Labute approximate surface area is 134 Å². The van der Waals surface area contributed by atoms with Crippen LogP contribution in [0.1, 0.15) is 15.9 Å². The molecule has 0 spiro atoms. The summed E-state index contributed by atoms with van der Waals surface area (Å²) in [6.45, 7) is 0. The first kappa shape index (κ1) is 14.9. The number of ketones is 1. The van der Waals surface area contributed by atoms with Crippen LogP contribution in [0.4, 0.5) is 0 Å². The fraction of sp³-hybridized carbons (Fsp3) is 0. The average Bonchev–Trinajstić information content (AvgIpc) is 2.63. The standard InChI is InChI=1S/C16H9ClN2O4/c17-9-3-4-10-11(6-9)19-16(23)15(22)12(14(10)21)13(20)8-2-1-5-18-7-8/h1-7,21H,(H,19,22,23). The highest BCUT2D eigenvalue weighted by Crippen LogP contribution is 2.26. The van der Waals surface area contributed by atoms with Crippen LogP contribution < -0.4 is 11.0 Å². The predicted octanol–water partition coefficient (Wildman–Crippen LogP) is 1.87. The maximum absolute atomic E-state index is 12.5. The van der Waals surface area contributed by atoms with Gasteiger partial charge in [-0.2, -0.15) is 0 Å². The number of rotatable bonds is 2. The number of nitrogens with one attached hydrogen (secondary N) is 1. The van der Waals surface area contributed by atoms with Crippen LogP contribution in [0.25, 0.3) is 10.9 Å². The number of carbonyl (C=O) groups is 1. The Kier molecular flexibility index (Phi) is 3.67. The van der Waals surface area contributed by atoms with Gasteiger partial charge in [0.1, 0.15) is 11.3 Å². The van der Waals surface area contributed by atoms with Gasteiger partial charge < -0.3 is 10.1 Å². The minimum Gasteiger partial charge on any atom is -0.506 e. The second-order valence-corrected chi connectivity index (χ2v) is 5.20. The number of pyridine rings is 1. The fourth-order valence-electron chi connectivity index (χ4n) is 2.21.